The van der Waals surface area contributed by atoms with Gasteiger partial charge in [0.2, 0.25) is 15.9 Å². The molecule has 10 heteroatoms. The number of piperidine rings is 1. The van der Waals surface area contributed by atoms with Gasteiger partial charge in [-0.2, -0.15) is 17.5 Å². The molecule has 1 saturated heterocycles. The number of carbonyl (C=O) groups excluding carboxylic acids is 1. The molecule has 2 rings (SSSR count). The van der Waals surface area contributed by atoms with Crippen LogP contribution in [0.4, 0.5) is 18.9 Å². The Hall–Kier alpha value is -1.65. The van der Waals surface area contributed by atoms with Crippen LogP contribution in [0.3, 0.4) is 0 Å². The van der Waals surface area contributed by atoms with Crippen LogP contribution < -0.4 is 5.32 Å². The highest BCUT2D eigenvalue weighted by Gasteiger charge is 2.27. The minimum Gasteiger partial charge on any atom is -0.372 e. The zero-order chi connectivity index (χ0) is 19.2. The number of benzene rings is 1. The Kier molecular flexibility index (Phi) is 7.01. The van der Waals surface area contributed by atoms with Crippen LogP contribution in [0.2, 0.25) is 0 Å². The lowest BCUT2D eigenvalue weighted by Crippen LogP contribution is -2.35. The first-order valence-electron chi connectivity index (χ1n) is 8.23. The minimum absolute atomic E-state index is 0.0746. The number of nitrogens with one attached hydrogen (secondary N) is 1. The molecule has 146 valence electrons. The molecule has 1 heterocycles. The van der Waals surface area contributed by atoms with Gasteiger partial charge in [-0.1, -0.05) is 12.5 Å². The van der Waals surface area contributed by atoms with Crippen LogP contribution in [0.1, 0.15) is 25.7 Å². The van der Waals surface area contributed by atoms with E-state index in [1.165, 1.54) is 28.6 Å². The first-order chi connectivity index (χ1) is 12.2. The predicted octanol–water partition coefficient (Wildman–Crippen LogP) is 2.77. The van der Waals surface area contributed by atoms with Crippen molar-refractivity contribution in [1.29, 1.82) is 0 Å². The molecule has 0 bridgehead atoms. The smallest absolute Gasteiger partial charge is 0.372 e. The molecule has 0 saturated carbocycles. The van der Waals surface area contributed by atoms with Gasteiger partial charge in [-0.05, 0) is 31.0 Å². The van der Waals surface area contributed by atoms with Crippen LogP contribution in [0.5, 0.6) is 0 Å². The van der Waals surface area contributed by atoms with Crippen LogP contribution in [0.15, 0.2) is 29.2 Å². The van der Waals surface area contributed by atoms with Crippen molar-refractivity contribution in [1.82, 2.24) is 4.31 Å². The van der Waals surface area contributed by atoms with Gasteiger partial charge in [-0.15, -0.1) is 0 Å². The fourth-order valence-electron chi connectivity index (χ4n) is 2.56. The summed E-state index contributed by atoms with van der Waals surface area (Å²) in [5, 5.41) is 2.47. The molecule has 0 aliphatic carbocycles. The van der Waals surface area contributed by atoms with Crippen molar-refractivity contribution in [3.8, 4) is 0 Å². The van der Waals surface area contributed by atoms with Gasteiger partial charge in [-0.3, -0.25) is 4.79 Å². The van der Waals surface area contributed by atoms with Gasteiger partial charge < -0.3 is 10.1 Å². The number of nitrogens with zero attached hydrogens (tertiary/aromatic N) is 1. The predicted molar refractivity (Wildman–Crippen MR) is 89.2 cm³/mol. The average molecular weight is 394 g/mol. The summed E-state index contributed by atoms with van der Waals surface area (Å²) in [7, 11) is -3.63. The lowest BCUT2D eigenvalue weighted by atomic mass is 10.2. The first kappa shape index (κ1) is 20.7. The molecule has 0 unspecified atom stereocenters. The van der Waals surface area contributed by atoms with E-state index < -0.39 is 28.7 Å². The Balaban J connectivity index is 1.93. The molecule has 1 fully saturated rings. The van der Waals surface area contributed by atoms with Gasteiger partial charge in [0.1, 0.15) is 6.61 Å². The Morgan fingerprint density at radius 2 is 1.88 bits per heavy atom. The topological polar surface area (TPSA) is 75.7 Å². The summed E-state index contributed by atoms with van der Waals surface area (Å²) in [5.74, 6) is -0.556. The monoisotopic (exact) mass is 394 g/mol. The summed E-state index contributed by atoms with van der Waals surface area (Å²) >= 11 is 0. The molecule has 0 atom stereocenters. The van der Waals surface area contributed by atoms with Crippen molar-refractivity contribution in [2.75, 3.05) is 31.6 Å². The summed E-state index contributed by atoms with van der Waals surface area (Å²) < 4.78 is 66.9. The molecule has 0 radical (unpaired) electrons. The number of ether oxygens (including phenoxy) is 1. The number of alkyl halides is 3. The van der Waals surface area contributed by atoms with Gasteiger partial charge in [-0.25, -0.2) is 8.42 Å². The van der Waals surface area contributed by atoms with Crippen LogP contribution in [0, 0.1) is 0 Å². The van der Waals surface area contributed by atoms with E-state index in [1.807, 2.05) is 0 Å². The Bertz CT molecular complexity index is 716. The van der Waals surface area contributed by atoms with E-state index in [0.717, 1.165) is 19.3 Å². The maximum absolute atomic E-state index is 12.6. The molecular weight excluding hydrogens is 373 g/mol. The van der Waals surface area contributed by atoms with Gasteiger partial charge in [0.25, 0.3) is 0 Å². The van der Waals surface area contributed by atoms with Crippen LogP contribution in [-0.4, -0.2) is 51.1 Å². The van der Waals surface area contributed by atoms with Gasteiger partial charge >= 0.3 is 6.18 Å². The Morgan fingerprint density at radius 3 is 2.54 bits per heavy atom. The fraction of sp³-hybridized carbons (Fsp3) is 0.562. The standard InChI is InChI=1S/C16H21F3N2O4S/c17-16(18,19)12-25-10-7-15(22)20-13-5-4-6-14(11-13)26(23,24)21-8-2-1-3-9-21/h4-6,11H,1-3,7-10,12H2,(H,20,22). The summed E-state index contributed by atoms with van der Waals surface area (Å²) in [6, 6.07) is 5.82. The fourth-order valence-corrected chi connectivity index (χ4v) is 4.13. The van der Waals surface area contributed by atoms with Crippen molar-refractivity contribution in [2.24, 2.45) is 0 Å². The van der Waals surface area contributed by atoms with E-state index >= 15 is 0 Å². The normalized spacial score (nSPS) is 16.4. The van der Waals surface area contributed by atoms with E-state index in [4.69, 9.17) is 0 Å². The van der Waals surface area contributed by atoms with E-state index in [1.54, 1.807) is 0 Å². The summed E-state index contributed by atoms with van der Waals surface area (Å²) in [6.07, 6.45) is -2.08. The van der Waals surface area contributed by atoms with Gasteiger partial charge in [0, 0.05) is 18.8 Å². The van der Waals surface area contributed by atoms with Crippen molar-refractivity contribution in [2.45, 2.75) is 36.8 Å². The molecule has 1 amide bonds. The number of sulfonamides is 1. The lowest BCUT2D eigenvalue weighted by Gasteiger charge is -2.26. The van der Waals surface area contributed by atoms with Crippen molar-refractivity contribution >= 4 is 21.6 Å². The third-order valence-electron chi connectivity index (χ3n) is 3.81. The number of carbonyl (C=O) groups is 1. The summed E-state index contributed by atoms with van der Waals surface area (Å²) in [4.78, 5) is 11.8. The molecule has 1 aliphatic rings. The van der Waals surface area contributed by atoms with E-state index in [0.29, 0.717) is 13.1 Å². The molecule has 1 aromatic rings. The molecule has 6 nitrogen and oxygen atoms in total. The Labute approximate surface area is 150 Å². The summed E-state index contributed by atoms with van der Waals surface area (Å²) in [5.41, 5.74) is 0.268. The SMILES string of the molecule is O=C(CCOCC(F)(F)F)Nc1cccc(S(=O)(=O)N2CCCCC2)c1. The third kappa shape index (κ3) is 6.26. The lowest BCUT2D eigenvalue weighted by molar-refractivity contribution is -0.174. The van der Waals surface area contributed by atoms with Crippen LogP contribution in [-0.2, 0) is 19.6 Å². The second-order valence-electron chi connectivity index (χ2n) is 5.96. The van der Waals surface area contributed by atoms with Gasteiger partial charge in [0.15, 0.2) is 0 Å². The summed E-state index contributed by atoms with van der Waals surface area (Å²) in [6.45, 7) is -0.855. The molecular formula is C16H21F3N2O4S. The highest BCUT2D eigenvalue weighted by molar-refractivity contribution is 7.89. The number of halogens is 3. The van der Waals surface area contributed by atoms with Crippen LogP contribution in [0.25, 0.3) is 0 Å². The number of amides is 1. The van der Waals surface area contributed by atoms with E-state index in [9.17, 15) is 26.4 Å². The third-order valence-corrected chi connectivity index (χ3v) is 5.70. The van der Waals surface area contributed by atoms with E-state index in [2.05, 4.69) is 10.1 Å². The number of hydrogen-bond donors (Lipinski definition) is 1. The average Bonchev–Trinajstić information content (AvgIpc) is 2.59. The molecule has 0 aromatic heterocycles. The second kappa shape index (κ2) is 8.83. The van der Waals surface area contributed by atoms with Crippen molar-refractivity contribution < 1.29 is 31.1 Å². The zero-order valence-electron chi connectivity index (χ0n) is 14.1. The molecule has 1 aliphatic heterocycles. The zero-order valence-corrected chi connectivity index (χ0v) is 14.9. The minimum atomic E-state index is -4.44. The Morgan fingerprint density at radius 1 is 1.19 bits per heavy atom. The van der Waals surface area contributed by atoms with Crippen molar-refractivity contribution in [3.05, 3.63) is 24.3 Å². The largest absolute Gasteiger partial charge is 0.411 e. The maximum Gasteiger partial charge on any atom is 0.411 e. The number of anilines is 1. The van der Waals surface area contributed by atoms with Crippen molar-refractivity contribution in [3.63, 3.8) is 0 Å². The van der Waals surface area contributed by atoms with E-state index in [-0.39, 0.29) is 23.6 Å². The number of rotatable bonds is 7. The quantitative estimate of drug-likeness (QED) is 0.722. The highest BCUT2D eigenvalue weighted by Crippen LogP contribution is 2.23. The highest BCUT2D eigenvalue weighted by atomic mass is 32.2. The maximum atomic E-state index is 12.6. The second-order valence-corrected chi connectivity index (χ2v) is 7.90. The first-order valence-corrected chi connectivity index (χ1v) is 9.67. The molecule has 0 spiro atoms. The number of hydrogen-bond acceptors (Lipinski definition) is 4. The molecule has 1 N–H and O–H groups in total. The van der Waals surface area contributed by atoms with Crippen LogP contribution >= 0.6 is 0 Å². The molecule has 26 heavy (non-hydrogen) atoms. The van der Waals surface area contributed by atoms with Gasteiger partial charge in [0.05, 0.1) is 17.9 Å². The molecule has 1 aromatic carbocycles.